The lowest BCUT2D eigenvalue weighted by Crippen LogP contribution is -2.41. The maximum Gasteiger partial charge on any atom is 0.242 e. The number of carbonyl (C=O) groups is 1. The van der Waals surface area contributed by atoms with Gasteiger partial charge in [0.1, 0.15) is 5.38 Å². The highest BCUT2D eigenvalue weighted by molar-refractivity contribution is 6.30. The Bertz CT molecular complexity index is 363. The number of benzene rings is 1. The first kappa shape index (κ1) is 12.4. The van der Waals surface area contributed by atoms with Gasteiger partial charge in [0.15, 0.2) is 0 Å². The van der Waals surface area contributed by atoms with Crippen LogP contribution in [0.5, 0.6) is 0 Å². The van der Waals surface area contributed by atoms with Gasteiger partial charge in [-0.25, -0.2) is 0 Å². The van der Waals surface area contributed by atoms with Crippen LogP contribution in [0.4, 0.5) is 0 Å². The van der Waals surface area contributed by atoms with E-state index in [1.165, 1.54) is 0 Å². The topological polar surface area (TPSA) is 38.3 Å². The van der Waals surface area contributed by atoms with Crippen LogP contribution in [0, 0.1) is 0 Å². The predicted octanol–water partition coefficient (Wildman–Crippen LogP) is 2.26. The molecule has 2 rings (SSSR count). The van der Waals surface area contributed by atoms with Crippen molar-refractivity contribution < 1.29 is 9.53 Å². The normalized spacial score (nSPS) is 21.8. The molecular weight excluding hydrogens is 238 g/mol. The highest BCUT2D eigenvalue weighted by Crippen LogP contribution is 2.20. The number of nitrogens with one attached hydrogen (secondary N) is 1. The van der Waals surface area contributed by atoms with E-state index in [0.29, 0.717) is 6.61 Å². The maximum atomic E-state index is 11.9. The van der Waals surface area contributed by atoms with Crippen molar-refractivity contribution in [1.29, 1.82) is 0 Å². The molecule has 2 unspecified atom stereocenters. The van der Waals surface area contributed by atoms with Crippen molar-refractivity contribution in [2.45, 2.75) is 24.3 Å². The molecule has 0 spiro atoms. The SMILES string of the molecule is O=C(NC1CCCOC1)C(Cl)c1ccccc1. The molecule has 1 aromatic rings. The van der Waals surface area contributed by atoms with Gasteiger partial charge in [-0.3, -0.25) is 4.79 Å². The van der Waals surface area contributed by atoms with Crippen LogP contribution in [0.1, 0.15) is 23.8 Å². The fourth-order valence-corrected chi connectivity index (χ4v) is 2.11. The van der Waals surface area contributed by atoms with Crippen molar-refractivity contribution in [1.82, 2.24) is 5.32 Å². The van der Waals surface area contributed by atoms with Gasteiger partial charge in [-0.1, -0.05) is 30.3 Å². The largest absolute Gasteiger partial charge is 0.379 e. The van der Waals surface area contributed by atoms with Gasteiger partial charge in [0.25, 0.3) is 0 Å². The van der Waals surface area contributed by atoms with E-state index in [1.807, 2.05) is 30.3 Å². The smallest absolute Gasteiger partial charge is 0.242 e. The van der Waals surface area contributed by atoms with Crippen LogP contribution in [0.3, 0.4) is 0 Å². The number of halogens is 1. The molecule has 1 aromatic carbocycles. The number of ether oxygens (including phenoxy) is 1. The molecule has 0 saturated carbocycles. The summed E-state index contributed by atoms with van der Waals surface area (Å²) in [5.74, 6) is -0.145. The van der Waals surface area contributed by atoms with E-state index in [0.717, 1.165) is 25.0 Å². The van der Waals surface area contributed by atoms with E-state index in [9.17, 15) is 4.79 Å². The fraction of sp³-hybridized carbons (Fsp3) is 0.462. The molecule has 1 aliphatic heterocycles. The standard InChI is InChI=1S/C13H16ClNO2/c14-12(10-5-2-1-3-6-10)13(16)15-11-7-4-8-17-9-11/h1-3,5-6,11-12H,4,7-9H2,(H,15,16). The summed E-state index contributed by atoms with van der Waals surface area (Å²) in [5.41, 5.74) is 0.823. The molecule has 3 nitrogen and oxygen atoms in total. The van der Waals surface area contributed by atoms with Crippen LogP contribution >= 0.6 is 11.6 Å². The van der Waals surface area contributed by atoms with Gasteiger partial charge in [-0.05, 0) is 18.4 Å². The molecule has 1 amide bonds. The lowest BCUT2D eigenvalue weighted by atomic mass is 10.1. The molecule has 0 aromatic heterocycles. The van der Waals surface area contributed by atoms with Crippen molar-refractivity contribution in [3.8, 4) is 0 Å². The Morgan fingerprint density at radius 3 is 2.82 bits per heavy atom. The lowest BCUT2D eigenvalue weighted by molar-refractivity contribution is -0.122. The molecule has 1 heterocycles. The number of rotatable bonds is 3. The summed E-state index contributed by atoms with van der Waals surface area (Å²) in [5, 5.41) is 2.29. The van der Waals surface area contributed by atoms with Crippen LogP contribution in [-0.4, -0.2) is 25.2 Å². The molecule has 0 bridgehead atoms. The summed E-state index contributed by atoms with van der Waals surface area (Å²) in [4.78, 5) is 11.9. The maximum absolute atomic E-state index is 11.9. The Balaban J connectivity index is 1.91. The number of amides is 1. The Morgan fingerprint density at radius 1 is 1.41 bits per heavy atom. The molecule has 1 N–H and O–H groups in total. The van der Waals surface area contributed by atoms with E-state index in [2.05, 4.69) is 5.32 Å². The van der Waals surface area contributed by atoms with Crippen LogP contribution in [0.2, 0.25) is 0 Å². The van der Waals surface area contributed by atoms with Crippen molar-refractivity contribution in [2.75, 3.05) is 13.2 Å². The molecule has 0 aliphatic carbocycles. The summed E-state index contributed by atoms with van der Waals surface area (Å²) in [7, 11) is 0. The van der Waals surface area contributed by atoms with Crippen molar-refractivity contribution in [2.24, 2.45) is 0 Å². The molecule has 1 aliphatic rings. The second-order valence-electron chi connectivity index (χ2n) is 4.20. The highest BCUT2D eigenvalue weighted by Gasteiger charge is 2.22. The predicted molar refractivity (Wildman–Crippen MR) is 67.0 cm³/mol. The molecule has 2 atom stereocenters. The minimum atomic E-state index is -0.627. The van der Waals surface area contributed by atoms with E-state index in [4.69, 9.17) is 16.3 Å². The van der Waals surface area contributed by atoms with Crippen LogP contribution in [-0.2, 0) is 9.53 Å². The van der Waals surface area contributed by atoms with Gasteiger partial charge in [0, 0.05) is 6.61 Å². The van der Waals surface area contributed by atoms with E-state index < -0.39 is 5.38 Å². The molecule has 4 heteroatoms. The van der Waals surface area contributed by atoms with Gasteiger partial charge >= 0.3 is 0 Å². The first-order chi connectivity index (χ1) is 8.27. The van der Waals surface area contributed by atoms with Gasteiger partial charge in [-0.2, -0.15) is 0 Å². The second kappa shape index (κ2) is 6.03. The zero-order valence-electron chi connectivity index (χ0n) is 9.56. The number of alkyl halides is 1. The van der Waals surface area contributed by atoms with E-state index >= 15 is 0 Å². The molecule has 17 heavy (non-hydrogen) atoms. The Kier molecular flexibility index (Phi) is 4.40. The molecule has 1 saturated heterocycles. The minimum absolute atomic E-state index is 0.0983. The third-order valence-corrected chi connectivity index (χ3v) is 3.28. The molecule has 1 fully saturated rings. The average Bonchev–Trinajstić information content (AvgIpc) is 2.40. The summed E-state index contributed by atoms with van der Waals surface area (Å²) in [6.07, 6.45) is 1.95. The molecule has 92 valence electrons. The van der Waals surface area contributed by atoms with Crippen LogP contribution < -0.4 is 5.32 Å². The summed E-state index contributed by atoms with van der Waals surface area (Å²) < 4.78 is 5.31. The second-order valence-corrected chi connectivity index (χ2v) is 4.63. The third kappa shape index (κ3) is 3.45. The van der Waals surface area contributed by atoms with Gasteiger partial charge in [0.2, 0.25) is 5.91 Å². The Hall–Kier alpha value is -1.06. The summed E-state index contributed by atoms with van der Waals surface area (Å²) >= 11 is 6.12. The first-order valence-electron chi connectivity index (χ1n) is 5.84. The monoisotopic (exact) mass is 253 g/mol. The quantitative estimate of drug-likeness (QED) is 0.840. The molecular formula is C13H16ClNO2. The van der Waals surface area contributed by atoms with E-state index in [1.54, 1.807) is 0 Å². The lowest BCUT2D eigenvalue weighted by Gasteiger charge is -2.24. The Labute approximate surface area is 106 Å². The minimum Gasteiger partial charge on any atom is -0.379 e. The van der Waals surface area contributed by atoms with E-state index in [-0.39, 0.29) is 11.9 Å². The first-order valence-corrected chi connectivity index (χ1v) is 6.28. The van der Waals surface area contributed by atoms with Gasteiger partial charge in [0.05, 0.1) is 12.6 Å². The zero-order chi connectivity index (χ0) is 12.1. The molecule has 0 radical (unpaired) electrons. The summed E-state index contributed by atoms with van der Waals surface area (Å²) in [6.45, 7) is 1.37. The van der Waals surface area contributed by atoms with Crippen molar-refractivity contribution in [3.05, 3.63) is 35.9 Å². The number of carbonyl (C=O) groups excluding carboxylic acids is 1. The van der Waals surface area contributed by atoms with Gasteiger partial charge in [-0.15, -0.1) is 11.6 Å². The summed E-state index contributed by atoms with van der Waals surface area (Å²) in [6, 6.07) is 9.47. The Morgan fingerprint density at radius 2 is 2.18 bits per heavy atom. The fourth-order valence-electron chi connectivity index (χ4n) is 1.90. The zero-order valence-corrected chi connectivity index (χ0v) is 10.3. The number of hydrogen-bond acceptors (Lipinski definition) is 2. The number of hydrogen-bond donors (Lipinski definition) is 1. The highest BCUT2D eigenvalue weighted by atomic mass is 35.5. The van der Waals surface area contributed by atoms with Crippen molar-refractivity contribution in [3.63, 3.8) is 0 Å². The van der Waals surface area contributed by atoms with Gasteiger partial charge < -0.3 is 10.1 Å². The van der Waals surface area contributed by atoms with Crippen molar-refractivity contribution >= 4 is 17.5 Å². The van der Waals surface area contributed by atoms with Crippen LogP contribution in [0.25, 0.3) is 0 Å². The van der Waals surface area contributed by atoms with Crippen LogP contribution in [0.15, 0.2) is 30.3 Å². The third-order valence-electron chi connectivity index (χ3n) is 2.83. The average molecular weight is 254 g/mol.